The number of phenolic OH excluding ortho intramolecular Hbond substituents is 2. The molecular formula is C61H63F2N7O17S2. The summed E-state index contributed by atoms with van der Waals surface area (Å²) < 4.78 is 86.8. The zero-order chi connectivity index (χ0) is 62.7. The molecule has 89 heavy (non-hydrogen) atoms. The molecule has 0 fully saturated rings. The molecule has 0 bridgehead atoms. The van der Waals surface area contributed by atoms with Crippen molar-refractivity contribution in [2.45, 2.75) is 31.4 Å². The number of methoxy groups -OCH3 is 1. The number of esters is 2. The van der Waals surface area contributed by atoms with Gasteiger partial charge in [-0.1, -0.05) is 6.07 Å². The second-order valence-corrected chi connectivity index (χ2v) is 21.0. The van der Waals surface area contributed by atoms with Crippen LogP contribution in [0.1, 0.15) is 72.7 Å². The minimum absolute atomic E-state index is 0.0164. The van der Waals surface area contributed by atoms with Crippen LogP contribution in [0, 0.1) is 11.6 Å². The third-order valence-corrected chi connectivity index (χ3v) is 14.5. The van der Waals surface area contributed by atoms with Gasteiger partial charge in [-0.05, 0) is 90.9 Å². The van der Waals surface area contributed by atoms with Gasteiger partial charge in [0.25, 0.3) is 11.8 Å². The maximum Gasteiger partial charge on any atom is 0.340 e. The number of rotatable bonds is 33. The first kappa shape index (κ1) is 64.6. The number of hydrogen-bond donors (Lipinski definition) is 7. The smallest absolute Gasteiger partial charge is 0.340 e. The molecule has 0 unspecified atom stereocenters. The molecule has 2 aliphatic heterocycles. The van der Waals surface area contributed by atoms with Crippen LogP contribution in [0.25, 0.3) is 4.96 Å². The molecule has 0 saturated carbocycles. The molecule has 7 N–H and O–H groups in total. The minimum Gasteiger partial charge on any atom is -0.508 e. The van der Waals surface area contributed by atoms with E-state index in [1.165, 1.54) is 48.8 Å². The number of thiocarbonyl (C=S) groups is 1. The van der Waals surface area contributed by atoms with E-state index in [4.69, 9.17) is 59.6 Å². The summed E-state index contributed by atoms with van der Waals surface area (Å²) in [7, 11) is 1.40. The molecular weight excluding hydrogens is 1200 g/mol. The Bertz CT molecular complexity index is 3580. The van der Waals surface area contributed by atoms with E-state index in [0.29, 0.717) is 103 Å². The van der Waals surface area contributed by atoms with Crippen molar-refractivity contribution >= 4 is 74.7 Å². The zero-order valence-corrected chi connectivity index (χ0v) is 49.7. The Kier molecular flexibility index (Phi) is 22.8. The Morgan fingerprint density at radius 1 is 0.674 bits per heavy atom. The SMILES string of the molecule is COc1ccc(NC(=O)c2cn3ccsc3n2)cc1C(=O)NCCCC(=O)NCc1cc(F)c(OC(=O)CCOCCOCCOCCOCCOCCOCCNC(=S)Nc2ccc3c(c2)C(=O)OC32c3ccc(O)cc3Oc3cc(O)ccc32)c(F)c1. The Morgan fingerprint density at radius 3 is 1.90 bits per heavy atom. The number of carbonyl (C=O) groups is 5. The third kappa shape index (κ3) is 17.1. The molecule has 9 rings (SSSR count). The fraction of sp³-hybridized carbons (Fsp3) is 0.328. The number of nitrogens with one attached hydrogen (secondary N) is 5. The Balaban J connectivity index is 0.538. The summed E-state index contributed by atoms with van der Waals surface area (Å²) in [6.07, 6.45) is 3.31. The predicted molar refractivity (Wildman–Crippen MR) is 321 cm³/mol. The van der Waals surface area contributed by atoms with Crippen LogP contribution in [0.4, 0.5) is 20.2 Å². The highest BCUT2D eigenvalue weighted by Gasteiger charge is 2.53. The number of imidazole rings is 1. The van der Waals surface area contributed by atoms with Crippen molar-refractivity contribution in [3.63, 3.8) is 0 Å². The quantitative estimate of drug-likeness (QED) is 0.00932. The standard InChI is InChI=1S/C61H63F2N7O17S2/c1-78-50-11-5-38(67-57(76)49-36-70-15-28-89-60(70)69-49)32-43(50)56(75)64-13-2-3-53(73)66-35-37-29-47(62)55(48(63)30-37)86-54(74)12-16-79-18-20-81-22-24-83-26-27-84-25-23-82-21-19-80-17-14-65-59(88)68-39-4-8-44-42(31-39)58(77)87-61(44)45-9-6-40(71)33-51(45)85-52-34-41(72)7-10-46(52)61/h4-11,15,28-34,36,71-72H,2-3,12-14,16-27,35H2,1H3,(H,64,75)(H,66,73)(H,67,76)(H2,65,68,88). The lowest BCUT2D eigenvalue weighted by Gasteiger charge is -2.36. The second kappa shape index (κ2) is 31.3. The average molecular weight is 1270 g/mol. The van der Waals surface area contributed by atoms with Gasteiger partial charge in [-0.2, -0.15) is 0 Å². The van der Waals surface area contributed by atoms with Gasteiger partial charge >= 0.3 is 11.9 Å². The lowest BCUT2D eigenvalue weighted by molar-refractivity contribution is -0.136. The van der Waals surface area contributed by atoms with E-state index in [-0.39, 0.29) is 104 Å². The number of anilines is 2. The number of nitrogens with zero attached hydrogens (tertiary/aromatic N) is 2. The molecule has 2 aliphatic rings. The molecule has 1 spiro atoms. The first-order valence-corrected chi connectivity index (χ1v) is 29.4. The van der Waals surface area contributed by atoms with Gasteiger partial charge in [0.05, 0.1) is 104 Å². The van der Waals surface area contributed by atoms with Crippen molar-refractivity contribution in [1.29, 1.82) is 0 Å². The number of aromatic hydroxyl groups is 2. The van der Waals surface area contributed by atoms with Gasteiger partial charge in [-0.25, -0.2) is 18.6 Å². The van der Waals surface area contributed by atoms with Crippen LogP contribution in [0.5, 0.6) is 34.5 Å². The Hall–Kier alpha value is -8.87. The molecule has 24 nitrogen and oxygen atoms in total. The van der Waals surface area contributed by atoms with Crippen molar-refractivity contribution in [3.05, 3.63) is 153 Å². The molecule has 0 radical (unpaired) electrons. The highest BCUT2D eigenvalue weighted by molar-refractivity contribution is 7.80. The van der Waals surface area contributed by atoms with Gasteiger partial charge in [0.15, 0.2) is 27.3 Å². The molecule has 470 valence electrons. The van der Waals surface area contributed by atoms with Crippen LogP contribution < -0.4 is 40.8 Å². The van der Waals surface area contributed by atoms with Gasteiger partial charge in [0.2, 0.25) is 11.7 Å². The second-order valence-electron chi connectivity index (χ2n) is 19.7. The zero-order valence-electron chi connectivity index (χ0n) is 48.0. The highest BCUT2D eigenvalue weighted by Crippen LogP contribution is 2.57. The van der Waals surface area contributed by atoms with Crippen LogP contribution in [0.3, 0.4) is 0 Å². The number of halogens is 2. The summed E-state index contributed by atoms with van der Waals surface area (Å²) in [5, 5.41) is 36.7. The summed E-state index contributed by atoms with van der Waals surface area (Å²) in [5.41, 5.74) is 1.92. The van der Waals surface area contributed by atoms with E-state index in [2.05, 4.69) is 31.6 Å². The lowest BCUT2D eigenvalue weighted by Crippen LogP contribution is -2.33. The molecule has 5 aromatic carbocycles. The lowest BCUT2D eigenvalue weighted by atomic mass is 9.77. The number of amides is 3. The van der Waals surface area contributed by atoms with Gasteiger partial charge in [0, 0.05) is 84.0 Å². The molecule has 0 saturated heterocycles. The number of aromatic nitrogens is 2. The van der Waals surface area contributed by atoms with E-state index in [1.807, 2.05) is 5.38 Å². The van der Waals surface area contributed by atoms with Crippen molar-refractivity contribution in [1.82, 2.24) is 25.3 Å². The fourth-order valence-corrected chi connectivity index (χ4v) is 10.3. The predicted octanol–water partition coefficient (Wildman–Crippen LogP) is 7.12. The van der Waals surface area contributed by atoms with Crippen LogP contribution in [-0.2, 0) is 54.9 Å². The van der Waals surface area contributed by atoms with Crippen LogP contribution in [0.2, 0.25) is 0 Å². The van der Waals surface area contributed by atoms with Crippen LogP contribution in [0.15, 0.2) is 103 Å². The summed E-state index contributed by atoms with van der Waals surface area (Å²) >= 11 is 6.85. The van der Waals surface area contributed by atoms with Gasteiger partial charge in [-0.15, -0.1) is 11.3 Å². The number of fused-ring (bicyclic) bond motifs is 7. The molecule has 28 heteroatoms. The molecule has 7 aromatic rings. The Labute approximate surface area is 517 Å². The topological polar surface area (TPSA) is 296 Å². The summed E-state index contributed by atoms with van der Waals surface area (Å²) in [6.45, 7) is 3.64. The highest BCUT2D eigenvalue weighted by atomic mass is 32.1. The van der Waals surface area contributed by atoms with Crippen molar-refractivity contribution in [3.8, 4) is 34.5 Å². The van der Waals surface area contributed by atoms with E-state index in [9.17, 15) is 43.0 Å². The van der Waals surface area contributed by atoms with Crippen LogP contribution >= 0.6 is 23.6 Å². The average Bonchev–Trinajstić information content (AvgIpc) is 2.08. The first-order chi connectivity index (χ1) is 43.2. The number of benzene rings is 5. The maximum absolute atomic E-state index is 14.8. The number of hydrogen-bond acceptors (Lipinski definition) is 20. The van der Waals surface area contributed by atoms with Crippen molar-refractivity contribution in [2.24, 2.45) is 0 Å². The molecule has 3 amide bonds. The largest absolute Gasteiger partial charge is 0.508 e. The number of carbonyl (C=O) groups excluding carboxylic acids is 5. The van der Waals surface area contributed by atoms with Gasteiger partial charge in [0.1, 0.15) is 34.4 Å². The maximum atomic E-state index is 14.8. The van der Waals surface area contributed by atoms with Gasteiger partial charge < -0.3 is 84.2 Å². The molecule has 2 aromatic heterocycles. The Morgan fingerprint density at radius 2 is 1.27 bits per heavy atom. The molecule has 4 heterocycles. The molecule has 0 atom stereocenters. The van der Waals surface area contributed by atoms with E-state index in [0.717, 1.165) is 12.1 Å². The van der Waals surface area contributed by atoms with Crippen LogP contribution in [-0.4, -0.2) is 154 Å². The normalized spacial score (nSPS) is 12.6. The monoisotopic (exact) mass is 1270 g/mol. The number of thiazole rings is 1. The number of ether oxygens (including phenoxy) is 10. The van der Waals surface area contributed by atoms with E-state index >= 15 is 0 Å². The number of phenols is 2. The van der Waals surface area contributed by atoms with Crippen molar-refractivity contribution < 1.29 is 90.3 Å². The van der Waals surface area contributed by atoms with Crippen molar-refractivity contribution in [2.75, 3.05) is 110 Å². The minimum atomic E-state index is -1.37. The van der Waals surface area contributed by atoms with E-state index < -0.39 is 52.6 Å². The fourth-order valence-electron chi connectivity index (χ4n) is 9.36. The summed E-state index contributed by atoms with van der Waals surface area (Å²) in [4.78, 5) is 69.0. The van der Waals surface area contributed by atoms with E-state index in [1.54, 1.807) is 59.3 Å². The first-order valence-electron chi connectivity index (χ1n) is 28.1. The third-order valence-electron chi connectivity index (χ3n) is 13.5. The molecule has 0 aliphatic carbocycles. The van der Waals surface area contributed by atoms with Gasteiger partial charge in [-0.3, -0.25) is 23.6 Å². The summed E-state index contributed by atoms with van der Waals surface area (Å²) in [5.74, 6) is -5.24. The summed E-state index contributed by atoms with van der Waals surface area (Å²) in [6, 6.07) is 20.8.